The fourth-order valence-electron chi connectivity index (χ4n) is 4.99. The minimum absolute atomic E-state index is 0.162. The maximum atomic E-state index is 11.0. The van der Waals surface area contributed by atoms with Crippen molar-refractivity contribution in [1.29, 1.82) is 0 Å². The number of rotatable bonds is 2. The summed E-state index contributed by atoms with van der Waals surface area (Å²) < 4.78 is 0. The molecule has 2 rings (SSSR count). The molecule has 0 aromatic rings. The number of hydrogen-bond donors (Lipinski definition) is 1. The summed E-state index contributed by atoms with van der Waals surface area (Å²) in [5, 5.41) is 11.0. The highest BCUT2D eigenvalue weighted by Crippen LogP contribution is 2.48. The first-order valence-electron chi connectivity index (χ1n) is 10.3. The van der Waals surface area contributed by atoms with Gasteiger partial charge in [-0.05, 0) is 66.1 Å². The first-order valence-corrected chi connectivity index (χ1v) is 10.3. The van der Waals surface area contributed by atoms with Crippen molar-refractivity contribution in [3.8, 4) is 0 Å². The third-order valence-corrected chi connectivity index (χ3v) is 6.88. The molecule has 2 saturated carbocycles. The molecule has 0 aromatic carbocycles. The summed E-state index contributed by atoms with van der Waals surface area (Å²) in [4.78, 5) is 0. The lowest BCUT2D eigenvalue weighted by Gasteiger charge is -2.49. The van der Waals surface area contributed by atoms with E-state index in [0.717, 1.165) is 24.7 Å². The molecule has 2 fully saturated rings. The Kier molecular flexibility index (Phi) is 6.27. The van der Waals surface area contributed by atoms with E-state index < -0.39 is 0 Å². The second-order valence-electron chi connectivity index (χ2n) is 11.1. The van der Waals surface area contributed by atoms with E-state index in [1.807, 2.05) is 0 Å². The lowest BCUT2D eigenvalue weighted by molar-refractivity contribution is -0.0770. The summed E-state index contributed by atoms with van der Waals surface area (Å²) in [6.45, 7) is 16.2. The molecule has 0 bridgehead atoms. The van der Waals surface area contributed by atoms with Crippen LogP contribution in [0.1, 0.15) is 87.0 Å². The van der Waals surface area contributed by atoms with Gasteiger partial charge in [-0.25, -0.2) is 0 Å². The van der Waals surface area contributed by atoms with Crippen LogP contribution in [0.3, 0.4) is 0 Å². The van der Waals surface area contributed by atoms with E-state index in [0.29, 0.717) is 17.8 Å². The van der Waals surface area contributed by atoms with Crippen molar-refractivity contribution in [2.75, 3.05) is 0 Å². The van der Waals surface area contributed by atoms with Gasteiger partial charge in [0.1, 0.15) is 0 Å². The lowest BCUT2D eigenvalue weighted by atomic mass is 9.58. The molecule has 0 saturated heterocycles. The van der Waals surface area contributed by atoms with E-state index in [1.54, 1.807) is 0 Å². The fraction of sp³-hybridized carbons (Fsp3) is 0.913. The maximum Gasteiger partial charge on any atom is 0.0606 e. The van der Waals surface area contributed by atoms with Crippen LogP contribution in [-0.2, 0) is 0 Å². The zero-order valence-corrected chi connectivity index (χ0v) is 17.3. The topological polar surface area (TPSA) is 20.2 Å². The van der Waals surface area contributed by atoms with E-state index in [-0.39, 0.29) is 16.9 Å². The van der Waals surface area contributed by atoms with E-state index in [9.17, 15) is 5.11 Å². The number of hydrogen-bond acceptors (Lipinski definition) is 1. The zero-order chi connectivity index (χ0) is 18.1. The molecule has 2 aliphatic carbocycles. The summed E-state index contributed by atoms with van der Waals surface area (Å²) in [6, 6.07) is 0. The van der Waals surface area contributed by atoms with Crippen molar-refractivity contribution in [2.45, 2.75) is 93.1 Å². The summed E-state index contributed by atoms with van der Waals surface area (Å²) in [5.74, 6) is 3.17. The minimum atomic E-state index is -0.162. The van der Waals surface area contributed by atoms with Gasteiger partial charge in [-0.15, -0.1) is 0 Å². The van der Waals surface area contributed by atoms with Crippen molar-refractivity contribution in [1.82, 2.24) is 0 Å². The van der Waals surface area contributed by atoms with Gasteiger partial charge < -0.3 is 5.11 Å². The molecule has 0 aromatic heterocycles. The quantitative estimate of drug-likeness (QED) is 0.574. The first kappa shape index (κ1) is 20.0. The largest absolute Gasteiger partial charge is 0.393 e. The van der Waals surface area contributed by atoms with Gasteiger partial charge in [0, 0.05) is 0 Å². The predicted octanol–water partition coefficient (Wildman–Crippen LogP) is 6.46. The SMILES string of the molecule is CC1CCC(/C=C/C2CC(C(C)(C)C)C(O)C(C(C)(C)C)C2)CC1. The molecule has 0 spiro atoms. The van der Waals surface area contributed by atoms with Crippen LogP contribution in [0.25, 0.3) is 0 Å². The van der Waals surface area contributed by atoms with Crippen LogP contribution in [0, 0.1) is 40.4 Å². The van der Waals surface area contributed by atoms with Crippen molar-refractivity contribution in [2.24, 2.45) is 40.4 Å². The van der Waals surface area contributed by atoms with E-state index in [1.165, 1.54) is 25.7 Å². The Labute approximate surface area is 151 Å². The van der Waals surface area contributed by atoms with Gasteiger partial charge in [-0.3, -0.25) is 0 Å². The molecule has 1 N–H and O–H groups in total. The average Bonchev–Trinajstić information content (AvgIpc) is 2.45. The summed E-state index contributed by atoms with van der Waals surface area (Å²) in [7, 11) is 0. The van der Waals surface area contributed by atoms with E-state index in [4.69, 9.17) is 0 Å². The molecule has 0 radical (unpaired) electrons. The normalized spacial score (nSPS) is 39.3. The minimum Gasteiger partial charge on any atom is -0.393 e. The second-order valence-corrected chi connectivity index (χ2v) is 11.1. The first-order chi connectivity index (χ1) is 11.0. The Morgan fingerprint density at radius 3 is 1.54 bits per heavy atom. The summed E-state index contributed by atoms with van der Waals surface area (Å²) in [5.41, 5.74) is 0.353. The van der Waals surface area contributed by atoms with Crippen molar-refractivity contribution < 1.29 is 5.11 Å². The van der Waals surface area contributed by atoms with Crippen LogP contribution < -0.4 is 0 Å². The molecule has 24 heavy (non-hydrogen) atoms. The second kappa shape index (κ2) is 7.52. The van der Waals surface area contributed by atoms with Gasteiger partial charge in [0.15, 0.2) is 0 Å². The van der Waals surface area contributed by atoms with E-state index >= 15 is 0 Å². The Morgan fingerprint density at radius 1 is 0.708 bits per heavy atom. The standard InChI is InChI=1S/C23H42O/c1-16-8-10-17(11-9-16)12-13-18-14-19(22(2,3)4)21(24)20(15-18)23(5,6)7/h12-13,16-21,24H,8-11,14-15H2,1-7H3/b13-12+. The molecular formula is C23H42O. The van der Waals surface area contributed by atoms with Crippen LogP contribution in [0.4, 0.5) is 0 Å². The van der Waals surface area contributed by atoms with Gasteiger partial charge in [0.2, 0.25) is 0 Å². The highest BCUT2D eigenvalue weighted by atomic mass is 16.3. The smallest absolute Gasteiger partial charge is 0.0606 e. The van der Waals surface area contributed by atoms with E-state index in [2.05, 4.69) is 60.6 Å². The summed E-state index contributed by atoms with van der Waals surface area (Å²) >= 11 is 0. The van der Waals surface area contributed by atoms with Crippen LogP contribution in [0.15, 0.2) is 12.2 Å². The molecule has 1 heteroatoms. The molecule has 1 nitrogen and oxygen atoms in total. The van der Waals surface area contributed by atoms with Crippen LogP contribution in [0.2, 0.25) is 0 Å². The van der Waals surface area contributed by atoms with Crippen LogP contribution >= 0.6 is 0 Å². The molecule has 2 atom stereocenters. The zero-order valence-electron chi connectivity index (χ0n) is 17.3. The lowest BCUT2D eigenvalue weighted by Crippen LogP contribution is -2.47. The van der Waals surface area contributed by atoms with Crippen LogP contribution in [0.5, 0.6) is 0 Å². The molecular weight excluding hydrogens is 292 g/mol. The predicted molar refractivity (Wildman–Crippen MR) is 105 cm³/mol. The Hall–Kier alpha value is -0.300. The molecule has 0 aliphatic heterocycles. The fourth-order valence-corrected chi connectivity index (χ4v) is 4.99. The molecule has 140 valence electrons. The number of aliphatic hydroxyl groups excluding tert-OH is 1. The Bertz CT molecular complexity index is 390. The number of allylic oxidation sites excluding steroid dienone is 2. The van der Waals surface area contributed by atoms with Gasteiger partial charge in [0.05, 0.1) is 6.10 Å². The van der Waals surface area contributed by atoms with Crippen molar-refractivity contribution in [3.05, 3.63) is 12.2 Å². The van der Waals surface area contributed by atoms with Crippen molar-refractivity contribution in [3.63, 3.8) is 0 Å². The third kappa shape index (κ3) is 5.10. The molecule has 0 amide bonds. The highest BCUT2D eigenvalue weighted by Gasteiger charge is 2.45. The Morgan fingerprint density at radius 2 is 1.12 bits per heavy atom. The highest BCUT2D eigenvalue weighted by molar-refractivity contribution is 5.02. The van der Waals surface area contributed by atoms with Gasteiger partial charge >= 0.3 is 0 Å². The monoisotopic (exact) mass is 334 g/mol. The molecule has 2 aliphatic rings. The number of aliphatic hydroxyl groups is 1. The van der Waals surface area contributed by atoms with Gasteiger partial charge in [0.25, 0.3) is 0 Å². The Balaban J connectivity index is 2.09. The molecule has 2 unspecified atom stereocenters. The van der Waals surface area contributed by atoms with Gasteiger partial charge in [-0.2, -0.15) is 0 Å². The third-order valence-electron chi connectivity index (χ3n) is 6.88. The molecule has 0 heterocycles. The maximum absolute atomic E-state index is 11.0. The average molecular weight is 335 g/mol. The van der Waals surface area contributed by atoms with Gasteiger partial charge in [-0.1, -0.05) is 73.5 Å². The summed E-state index contributed by atoms with van der Waals surface area (Å²) in [6.07, 6.45) is 12.7. The van der Waals surface area contributed by atoms with Crippen LogP contribution in [-0.4, -0.2) is 11.2 Å². The van der Waals surface area contributed by atoms with Crippen molar-refractivity contribution >= 4 is 0 Å².